The SMILES string of the molecule is CC1(O)OC(n2cc(F)c(N)nc2=O)CS1. The van der Waals surface area contributed by atoms with Crippen LogP contribution >= 0.6 is 11.8 Å². The Balaban J connectivity index is 2.36. The lowest BCUT2D eigenvalue weighted by atomic mass is 10.5. The molecule has 6 nitrogen and oxygen atoms in total. The number of aromatic nitrogens is 2. The van der Waals surface area contributed by atoms with Crippen LogP contribution in [0.15, 0.2) is 11.0 Å². The highest BCUT2D eigenvalue weighted by Gasteiger charge is 2.36. The predicted molar refractivity (Wildman–Crippen MR) is 56.1 cm³/mol. The molecule has 0 radical (unpaired) electrons. The van der Waals surface area contributed by atoms with Gasteiger partial charge < -0.3 is 15.6 Å². The molecular weight excluding hydrogens is 237 g/mol. The molecule has 0 spiro atoms. The Morgan fingerprint density at radius 2 is 2.56 bits per heavy atom. The summed E-state index contributed by atoms with van der Waals surface area (Å²) in [7, 11) is 0. The average molecular weight is 247 g/mol. The largest absolute Gasteiger partial charge is 0.381 e. The summed E-state index contributed by atoms with van der Waals surface area (Å²) in [6, 6.07) is 0. The molecule has 0 aromatic carbocycles. The number of aliphatic hydroxyl groups is 1. The smallest absolute Gasteiger partial charge is 0.351 e. The van der Waals surface area contributed by atoms with Crippen molar-refractivity contribution in [3.05, 3.63) is 22.5 Å². The first-order valence-corrected chi connectivity index (χ1v) is 5.46. The third-order valence-electron chi connectivity index (χ3n) is 2.09. The van der Waals surface area contributed by atoms with Crippen LogP contribution in [0.25, 0.3) is 0 Å². The standard InChI is InChI=1S/C8H10FN3O3S/c1-8(14)15-5(3-16-8)12-2-4(9)6(10)11-7(12)13/h2,5,14H,3H2,1H3,(H2,10,11,13). The van der Waals surface area contributed by atoms with Crippen molar-refractivity contribution >= 4 is 17.6 Å². The fourth-order valence-corrected chi connectivity index (χ4v) is 2.21. The van der Waals surface area contributed by atoms with E-state index in [0.29, 0.717) is 5.75 Å². The Morgan fingerprint density at radius 1 is 1.88 bits per heavy atom. The summed E-state index contributed by atoms with van der Waals surface area (Å²) in [5.74, 6) is -0.906. The number of hydrogen-bond donors (Lipinski definition) is 2. The maximum Gasteiger partial charge on any atom is 0.351 e. The number of ether oxygens (including phenoxy) is 1. The lowest BCUT2D eigenvalue weighted by Gasteiger charge is -2.17. The number of nitrogens with zero attached hydrogens (tertiary/aromatic N) is 2. The van der Waals surface area contributed by atoms with E-state index in [4.69, 9.17) is 10.5 Å². The second-order valence-electron chi connectivity index (χ2n) is 3.45. The van der Waals surface area contributed by atoms with Crippen molar-refractivity contribution in [2.75, 3.05) is 11.5 Å². The molecule has 0 aliphatic carbocycles. The molecule has 1 aromatic heterocycles. The number of nitrogen functional groups attached to an aromatic ring is 1. The van der Waals surface area contributed by atoms with Crippen LogP contribution in [0, 0.1) is 5.82 Å². The molecule has 2 heterocycles. The normalized spacial score (nSPS) is 29.6. The van der Waals surface area contributed by atoms with Crippen LogP contribution in [0.1, 0.15) is 13.2 Å². The van der Waals surface area contributed by atoms with E-state index in [-0.39, 0.29) is 0 Å². The summed E-state index contributed by atoms with van der Waals surface area (Å²) in [6.07, 6.45) is 0.187. The Kier molecular flexibility index (Phi) is 2.64. The van der Waals surface area contributed by atoms with Gasteiger partial charge in [0.1, 0.15) is 0 Å². The van der Waals surface area contributed by atoms with Crippen LogP contribution in [-0.2, 0) is 4.74 Å². The fraction of sp³-hybridized carbons (Fsp3) is 0.500. The van der Waals surface area contributed by atoms with Crippen LogP contribution < -0.4 is 11.4 Å². The minimum absolute atomic E-state index is 0.331. The van der Waals surface area contributed by atoms with Gasteiger partial charge in [-0.1, -0.05) is 11.8 Å². The van der Waals surface area contributed by atoms with Gasteiger partial charge in [0.25, 0.3) is 0 Å². The third kappa shape index (κ3) is 2.04. The maximum atomic E-state index is 13.1. The second-order valence-corrected chi connectivity index (χ2v) is 4.82. The molecular formula is C8H10FN3O3S. The van der Waals surface area contributed by atoms with Crippen LogP contribution in [0.3, 0.4) is 0 Å². The van der Waals surface area contributed by atoms with E-state index in [1.54, 1.807) is 0 Å². The molecule has 1 fully saturated rings. The van der Waals surface area contributed by atoms with Gasteiger partial charge in [-0.05, 0) is 0 Å². The molecule has 2 atom stereocenters. The molecule has 0 bridgehead atoms. The van der Waals surface area contributed by atoms with Crippen molar-refractivity contribution in [2.45, 2.75) is 18.3 Å². The number of thioether (sulfide) groups is 1. The zero-order chi connectivity index (χ0) is 11.9. The van der Waals surface area contributed by atoms with Gasteiger partial charge in [0.05, 0.1) is 6.20 Å². The zero-order valence-corrected chi connectivity index (χ0v) is 9.20. The fourth-order valence-electron chi connectivity index (χ4n) is 1.35. The molecule has 3 N–H and O–H groups in total. The molecule has 1 aromatic rings. The Morgan fingerprint density at radius 3 is 3.12 bits per heavy atom. The van der Waals surface area contributed by atoms with E-state index in [0.717, 1.165) is 22.5 Å². The van der Waals surface area contributed by atoms with Gasteiger partial charge in [0, 0.05) is 12.7 Å². The summed E-state index contributed by atoms with van der Waals surface area (Å²) in [6.45, 7) is 1.45. The third-order valence-corrected chi connectivity index (χ3v) is 3.18. The first-order chi connectivity index (χ1) is 7.39. The van der Waals surface area contributed by atoms with Crippen molar-refractivity contribution < 1.29 is 14.2 Å². The van der Waals surface area contributed by atoms with Crippen molar-refractivity contribution in [1.29, 1.82) is 0 Å². The van der Waals surface area contributed by atoms with Crippen LogP contribution in [0.4, 0.5) is 10.2 Å². The van der Waals surface area contributed by atoms with E-state index in [1.807, 2.05) is 0 Å². The molecule has 1 aliphatic heterocycles. The van der Waals surface area contributed by atoms with Crippen LogP contribution in [0.5, 0.6) is 0 Å². The molecule has 2 unspecified atom stereocenters. The van der Waals surface area contributed by atoms with Gasteiger partial charge in [0.15, 0.2) is 17.9 Å². The van der Waals surface area contributed by atoms with Gasteiger partial charge in [-0.15, -0.1) is 0 Å². The first kappa shape index (κ1) is 11.4. The number of nitrogens with two attached hydrogens (primary N) is 1. The molecule has 0 amide bonds. The predicted octanol–water partition coefficient (Wildman–Crippen LogP) is -0.107. The number of rotatable bonds is 1. The minimum Gasteiger partial charge on any atom is -0.381 e. The van der Waals surface area contributed by atoms with Gasteiger partial charge in [-0.2, -0.15) is 4.98 Å². The average Bonchev–Trinajstić information content (AvgIpc) is 2.52. The number of anilines is 1. The Bertz CT molecular complexity index is 476. The molecule has 8 heteroatoms. The van der Waals surface area contributed by atoms with Crippen molar-refractivity contribution in [3.63, 3.8) is 0 Å². The van der Waals surface area contributed by atoms with E-state index in [9.17, 15) is 14.3 Å². The second kappa shape index (κ2) is 3.72. The lowest BCUT2D eigenvalue weighted by molar-refractivity contribution is -0.155. The molecule has 0 saturated carbocycles. The van der Waals surface area contributed by atoms with Crippen molar-refractivity contribution in [1.82, 2.24) is 9.55 Å². The zero-order valence-electron chi connectivity index (χ0n) is 8.38. The summed E-state index contributed by atoms with van der Waals surface area (Å²) < 4.78 is 19.3. The van der Waals surface area contributed by atoms with Gasteiger partial charge >= 0.3 is 5.69 Å². The van der Waals surface area contributed by atoms with Crippen LogP contribution in [-0.4, -0.2) is 25.5 Å². The lowest BCUT2D eigenvalue weighted by Crippen LogP contribution is -2.31. The number of halogens is 1. The van der Waals surface area contributed by atoms with Gasteiger partial charge in [-0.25, -0.2) is 9.18 Å². The Labute approximate surface area is 94.2 Å². The monoisotopic (exact) mass is 247 g/mol. The first-order valence-electron chi connectivity index (χ1n) is 4.47. The van der Waals surface area contributed by atoms with E-state index >= 15 is 0 Å². The Hall–Kier alpha value is -1.12. The highest BCUT2D eigenvalue weighted by molar-refractivity contribution is 8.00. The summed E-state index contributed by atoms with van der Waals surface area (Å²) >= 11 is 1.11. The highest BCUT2D eigenvalue weighted by atomic mass is 32.2. The highest BCUT2D eigenvalue weighted by Crippen LogP contribution is 2.37. The number of hydrogen-bond acceptors (Lipinski definition) is 6. The van der Waals surface area contributed by atoms with E-state index in [1.165, 1.54) is 6.92 Å². The summed E-state index contributed by atoms with van der Waals surface area (Å²) in [5.41, 5.74) is 4.44. The quantitative estimate of drug-likeness (QED) is 0.719. The molecule has 1 aliphatic rings. The van der Waals surface area contributed by atoms with Crippen molar-refractivity contribution in [2.24, 2.45) is 0 Å². The topological polar surface area (TPSA) is 90.4 Å². The van der Waals surface area contributed by atoms with E-state index < -0.39 is 28.7 Å². The molecule has 1 saturated heterocycles. The van der Waals surface area contributed by atoms with E-state index in [2.05, 4.69) is 4.98 Å². The van der Waals surface area contributed by atoms with Gasteiger partial charge in [-0.3, -0.25) is 4.57 Å². The summed E-state index contributed by atoms with van der Waals surface area (Å²) in [5, 5.41) is 8.15. The minimum atomic E-state index is -1.37. The van der Waals surface area contributed by atoms with Gasteiger partial charge in [0.2, 0.25) is 5.12 Å². The molecule has 2 rings (SSSR count). The molecule has 16 heavy (non-hydrogen) atoms. The summed E-state index contributed by atoms with van der Waals surface area (Å²) in [4.78, 5) is 14.7. The van der Waals surface area contributed by atoms with Crippen molar-refractivity contribution in [3.8, 4) is 0 Å². The van der Waals surface area contributed by atoms with Crippen LogP contribution in [0.2, 0.25) is 0 Å². The maximum absolute atomic E-state index is 13.1. The molecule has 88 valence electrons.